The molecule has 0 saturated heterocycles. The zero-order valence-electron chi connectivity index (χ0n) is 37.7. The Morgan fingerprint density at radius 3 is 1.84 bits per heavy atom. The van der Waals surface area contributed by atoms with Gasteiger partial charge in [-0.15, -0.1) is 21.8 Å². The number of hydrogen-bond donors (Lipinski definition) is 1. The number of hydrogen-bond acceptors (Lipinski definition) is 2. The average molecular weight is 909 g/mol. The molecule has 4 heterocycles. The SMILES string of the molecule is C1=CS2=C(CC1Nc1ccc(C3CCCC3)cc1-c1ccc(-c3ccc(-c4ccc5c(c4)c4cc(-c6ccccc6)ccc4n5-c4ccc5sc6ccccc6c5c4)cc3)cc1)c1ccccc12. The van der Waals surface area contributed by atoms with Crippen molar-refractivity contribution in [3.05, 3.63) is 223 Å². The molecular weight excluding hydrogens is 861 g/mol. The van der Waals surface area contributed by atoms with Crippen LogP contribution in [0.3, 0.4) is 0 Å². The van der Waals surface area contributed by atoms with Crippen molar-refractivity contribution in [3.8, 4) is 50.2 Å². The second-order valence-electron chi connectivity index (χ2n) is 18.9. The predicted octanol–water partition coefficient (Wildman–Crippen LogP) is 18.0. The molecule has 68 heavy (non-hydrogen) atoms. The number of fused-ring (bicyclic) bond motifs is 9. The summed E-state index contributed by atoms with van der Waals surface area (Å²) in [7, 11) is 0.177. The number of aromatic nitrogens is 1. The summed E-state index contributed by atoms with van der Waals surface area (Å²) in [6, 6.07) is 75.5. The third-order valence-electron chi connectivity index (χ3n) is 15.0. The highest BCUT2D eigenvalue weighted by atomic mass is 32.2. The Kier molecular flexibility index (Phi) is 9.52. The maximum Gasteiger partial charge on any atom is 0.0541 e. The first-order valence-corrected chi connectivity index (χ1v) is 26.3. The maximum atomic E-state index is 4.00. The van der Waals surface area contributed by atoms with Crippen LogP contribution in [0.15, 0.2) is 217 Å². The van der Waals surface area contributed by atoms with E-state index >= 15 is 0 Å². The molecule has 0 spiro atoms. The third-order valence-corrected chi connectivity index (χ3v) is 18.3. The summed E-state index contributed by atoms with van der Waals surface area (Å²) >= 11 is 1.87. The normalized spacial score (nSPS) is 16.7. The van der Waals surface area contributed by atoms with Crippen molar-refractivity contribution in [3.63, 3.8) is 0 Å². The smallest absolute Gasteiger partial charge is 0.0541 e. The summed E-state index contributed by atoms with van der Waals surface area (Å²) < 4.78 is 5.11. The van der Waals surface area contributed by atoms with Crippen LogP contribution in [0.2, 0.25) is 0 Å². The minimum absolute atomic E-state index is 0.177. The van der Waals surface area contributed by atoms with Crippen LogP contribution in [0, 0.1) is 0 Å². The fourth-order valence-electron chi connectivity index (χ4n) is 11.5. The third kappa shape index (κ3) is 6.72. The van der Waals surface area contributed by atoms with E-state index in [1.54, 1.807) is 4.86 Å². The van der Waals surface area contributed by atoms with Crippen molar-refractivity contribution in [2.75, 3.05) is 5.32 Å². The summed E-state index contributed by atoms with van der Waals surface area (Å²) in [6.45, 7) is 0. The van der Waals surface area contributed by atoms with Crippen LogP contribution in [-0.4, -0.2) is 15.5 Å². The van der Waals surface area contributed by atoms with E-state index in [1.807, 2.05) is 11.3 Å². The molecule has 2 unspecified atom stereocenters. The standard InChI is InChI=1S/C64H48N2S2/c1-2-10-41(11-3-1)48-27-31-59-55(37-48)56-38-49(28-32-60(56)66(59)51-29-33-62-57(40-51)52-14-6-8-16-61(52)67-62)45-20-18-43(19-21-45)44-22-24-46(25-23-44)54-36-47(42-12-4-5-13-42)26-30-58(54)65-50-34-35-68-63-17-9-7-15-53(63)64(68)39-50/h1-3,6-11,14-38,40,42,50,65H,4-5,12-13,39H2. The van der Waals surface area contributed by atoms with Gasteiger partial charge in [0.2, 0.25) is 0 Å². The van der Waals surface area contributed by atoms with Gasteiger partial charge in [0.1, 0.15) is 0 Å². The van der Waals surface area contributed by atoms with Crippen LogP contribution in [0.4, 0.5) is 5.69 Å². The van der Waals surface area contributed by atoms with Gasteiger partial charge in [0.05, 0.1) is 11.0 Å². The van der Waals surface area contributed by atoms with Gasteiger partial charge < -0.3 is 9.88 Å². The molecule has 2 nitrogen and oxygen atoms in total. The predicted molar refractivity (Wildman–Crippen MR) is 294 cm³/mol. The highest BCUT2D eigenvalue weighted by Gasteiger charge is 2.28. The molecular formula is C64H48N2S2. The highest BCUT2D eigenvalue weighted by molar-refractivity contribution is 8.20. The van der Waals surface area contributed by atoms with Gasteiger partial charge in [-0.1, -0.05) is 152 Å². The molecule has 0 amide bonds. The Morgan fingerprint density at radius 2 is 1.09 bits per heavy atom. The molecule has 1 fully saturated rings. The molecule has 326 valence electrons. The minimum atomic E-state index is 0.177. The van der Waals surface area contributed by atoms with Crippen LogP contribution >= 0.6 is 21.8 Å². The van der Waals surface area contributed by atoms with Gasteiger partial charge in [0.15, 0.2) is 0 Å². The van der Waals surface area contributed by atoms with Crippen LogP contribution in [0.5, 0.6) is 0 Å². The van der Waals surface area contributed by atoms with Crippen LogP contribution in [-0.2, 0) is 0 Å². The van der Waals surface area contributed by atoms with Crippen molar-refractivity contribution < 1.29 is 0 Å². The zero-order chi connectivity index (χ0) is 44.7. The van der Waals surface area contributed by atoms with E-state index in [1.165, 1.54) is 140 Å². The minimum Gasteiger partial charge on any atom is -0.378 e. The number of rotatable bonds is 8. The summed E-state index contributed by atoms with van der Waals surface area (Å²) in [5, 5.41) is 11.6. The molecule has 0 radical (unpaired) electrons. The molecule has 0 bridgehead atoms. The maximum absolute atomic E-state index is 4.00. The van der Waals surface area contributed by atoms with E-state index in [9.17, 15) is 0 Å². The topological polar surface area (TPSA) is 17.0 Å². The van der Waals surface area contributed by atoms with Crippen LogP contribution < -0.4 is 5.32 Å². The Balaban J connectivity index is 0.786. The Hall–Kier alpha value is -7.24. The van der Waals surface area contributed by atoms with Crippen molar-refractivity contribution in [1.82, 2.24) is 4.57 Å². The first kappa shape index (κ1) is 39.9. The molecule has 2 atom stereocenters. The summed E-state index contributed by atoms with van der Waals surface area (Å²) in [6.07, 6.45) is 8.74. The lowest BCUT2D eigenvalue weighted by Gasteiger charge is -2.33. The Bertz CT molecular complexity index is 3840. The van der Waals surface area contributed by atoms with E-state index in [-0.39, 0.29) is 16.5 Å². The fourth-order valence-corrected chi connectivity index (χ4v) is 14.8. The zero-order valence-corrected chi connectivity index (χ0v) is 39.3. The number of benzene rings is 9. The molecule has 4 heteroatoms. The number of anilines is 1. The Labute approximate surface area is 403 Å². The van der Waals surface area contributed by atoms with Gasteiger partial charge in [-0.3, -0.25) is 0 Å². The lowest BCUT2D eigenvalue weighted by molar-refractivity contribution is 0.723. The van der Waals surface area contributed by atoms with E-state index in [2.05, 4.69) is 222 Å². The molecule has 11 aromatic rings. The lowest BCUT2D eigenvalue weighted by Crippen LogP contribution is -2.27. The lowest BCUT2D eigenvalue weighted by atomic mass is 9.91. The van der Waals surface area contributed by atoms with Crippen molar-refractivity contribution >= 4 is 74.4 Å². The molecule has 3 aliphatic rings. The fraction of sp³-hybridized carbons (Fsp3) is 0.109. The van der Waals surface area contributed by atoms with Crippen molar-refractivity contribution in [2.24, 2.45) is 0 Å². The second kappa shape index (κ2) is 16.2. The van der Waals surface area contributed by atoms with Gasteiger partial charge >= 0.3 is 0 Å². The first-order valence-electron chi connectivity index (χ1n) is 24.2. The van der Waals surface area contributed by atoms with Crippen molar-refractivity contribution in [1.29, 1.82) is 0 Å². The summed E-state index contributed by atoms with van der Waals surface area (Å²) in [4.78, 5) is 3.10. The highest BCUT2D eigenvalue weighted by Crippen LogP contribution is 2.48. The summed E-state index contributed by atoms with van der Waals surface area (Å²) in [5.41, 5.74) is 17.7. The average Bonchev–Trinajstić information content (AvgIpc) is 4.15. The van der Waals surface area contributed by atoms with Gasteiger partial charge in [-0.25, -0.2) is 0 Å². The van der Waals surface area contributed by atoms with Gasteiger partial charge in [-0.2, -0.15) is 0 Å². The van der Waals surface area contributed by atoms with Crippen LogP contribution in [0.1, 0.15) is 49.1 Å². The molecule has 1 saturated carbocycles. The van der Waals surface area contributed by atoms with E-state index in [4.69, 9.17) is 0 Å². The second-order valence-corrected chi connectivity index (χ2v) is 21.9. The summed E-state index contributed by atoms with van der Waals surface area (Å²) in [5.74, 6) is 0.660. The quantitative estimate of drug-likeness (QED) is 0.150. The molecule has 14 rings (SSSR count). The van der Waals surface area contributed by atoms with Gasteiger partial charge in [0.25, 0.3) is 0 Å². The van der Waals surface area contributed by atoms with Gasteiger partial charge in [-0.05, 0) is 146 Å². The Morgan fingerprint density at radius 1 is 0.471 bits per heavy atom. The molecule has 1 aliphatic carbocycles. The van der Waals surface area contributed by atoms with Crippen molar-refractivity contribution in [2.45, 2.75) is 49.0 Å². The van der Waals surface area contributed by atoms with E-state index in [0.717, 1.165) is 6.42 Å². The molecule has 2 aromatic heterocycles. The largest absolute Gasteiger partial charge is 0.378 e. The van der Waals surface area contributed by atoms with Gasteiger partial charge in [0, 0.05) is 65.2 Å². The number of thiophene rings is 1. The first-order chi connectivity index (χ1) is 33.7. The van der Waals surface area contributed by atoms with E-state index in [0.29, 0.717) is 5.92 Å². The molecule has 1 N–H and O–H groups in total. The van der Waals surface area contributed by atoms with Crippen LogP contribution in [0.25, 0.3) is 92.2 Å². The number of nitrogens with zero attached hydrogens (tertiary/aromatic N) is 1. The van der Waals surface area contributed by atoms with E-state index < -0.39 is 0 Å². The monoisotopic (exact) mass is 908 g/mol. The molecule has 9 aromatic carbocycles. The molecule has 2 aliphatic heterocycles. The number of nitrogens with one attached hydrogen (secondary N) is 1.